The van der Waals surface area contributed by atoms with Crippen LogP contribution in [-0.2, 0) is 13.6 Å². The van der Waals surface area contributed by atoms with Crippen molar-refractivity contribution >= 4 is 23.2 Å². The van der Waals surface area contributed by atoms with E-state index in [0.717, 1.165) is 36.5 Å². The molecule has 164 valence electrons. The highest BCUT2D eigenvalue weighted by atomic mass is 35.5. The molecule has 1 amide bonds. The number of hydrogen-bond acceptors (Lipinski definition) is 4. The summed E-state index contributed by atoms with van der Waals surface area (Å²) in [5, 5.41) is 3.58. The molecule has 1 N–H and O–H groups in total. The number of halogens is 1. The third kappa shape index (κ3) is 4.98. The second-order valence-electron chi connectivity index (χ2n) is 8.45. The normalized spacial score (nSPS) is 19.2. The van der Waals surface area contributed by atoms with Crippen LogP contribution >= 0.6 is 11.6 Å². The Bertz CT molecular complexity index is 870. The minimum Gasteiger partial charge on any atom is -0.369 e. The molecule has 0 spiro atoms. The monoisotopic (exact) mass is 431 g/mol. The lowest BCUT2D eigenvalue weighted by Crippen LogP contribution is -2.42. The minimum absolute atomic E-state index is 0.119. The minimum atomic E-state index is -0.119. The average molecular weight is 432 g/mol. The maximum atomic E-state index is 13.0. The maximum absolute atomic E-state index is 13.0. The molecule has 0 saturated heterocycles. The Morgan fingerprint density at radius 3 is 2.47 bits per heavy atom. The Morgan fingerprint density at radius 1 is 1.23 bits per heavy atom. The van der Waals surface area contributed by atoms with Gasteiger partial charge in [0.2, 0.25) is 0 Å². The average Bonchev–Trinajstić information content (AvgIpc) is 3.14. The highest BCUT2D eigenvalue weighted by Gasteiger charge is 2.28. The first-order valence-corrected chi connectivity index (χ1v) is 11.2. The topological polar surface area (TPSA) is 53.4 Å². The van der Waals surface area contributed by atoms with E-state index in [0.29, 0.717) is 29.2 Å². The summed E-state index contributed by atoms with van der Waals surface area (Å²) < 4.78 is 1.90. The van der Waals surface area contributed by atoms with Crippen LogP contribution in [0.5, 0.6) is 0 Å². The van der Waals surface area contributed by atoms with Gasteiger partial charge >= 0.3 is 0 Å². The Balaban J connectivity index is 1.78. The SMILES string of the molecule is CCN(c1cc(Cl)cc(C(=O)NCc2nccn2C)c1C)[C@H]1CC[C@H](N(C)C)CC1. The molecule has 1 aromatic heterocycles. The molecule has 0 radical (unpaired) electrons. The van der Waals surface area contributed by atoms with Gasteiger partial charge in [-0.3, -0.25) is 4.79 Å². The molecule has 0 bridgehead atoms. The van der Waals surface area contributed by atoms with Crippen LogP contribution < -0.4 is 10.2 Å². The van der Waals surface area contributed by atoms with Gasteiger partial charge in [-0.05, 0) is 71.3 Å². The van der Waals surface area contributed by atoms with Crippen LogP contribution in [0.1, 0.15) is 54.4 Å². The molecule has 30 heavy (non-hydrogen) atoms. The number of carbonyl (C=O) groups excluding carboxylic acids is 1. The van der Waals surface area contributed by atoms with E-state index in [1.54, 1.807) is 12.3 Å². The first-order valence-electron chi connectivity index (χ1n) is 10.8. The molecule has 1 aromatic carbocycles. The number of rotatable bonds is 7. The predicted octanol–water partition coefficient (Wildman–Crippen LogP) is 4.01. The van der Waals surface area contributed by atoms with Crippen LogP contribution in [0, 0.1) is 6.92 Å². The summed E-state index contributed by atoms with van der Waals surface area (Å²) in [5.41, 5.74) is 2.68. The first kappa shape index (κ1) is 22.6. The van der Waals surface area contributed by atoms with Crippen LogP contribution in [0.2, 0.25) is 5.02 Å². The van der Waals surface area contributed by atoms with Gasteiger partial charge in [0.25, 0.3) is 5.91 Å². The number of carbonyl (C=O) groups is 1. The van der Waals surface area contributed by atoms with Crippen molar-refractivity contribution in [2.24, 2.45) is 7.05 Å². The summed E-state index contributed by atoms with van der Waals surface area (Å²) >= 11 is 6.47. The Kier molecular flexibility index (Phi) is 7.42. The van der Waals surface area contributed by atoms with Crippen LogP contribution in [0.15, 0.2) is 24.5 Å². The van der Waals surface area contributed by atoms with E-state index in [4.69, 9.17) is 11.6 Å². The second kappa shape index (κ2) is 9.84. The molecule has 0 aliphatic heterocycles. The molecule has 1 heterocycles. The summed E-state index contributed by atoms with van der Waals surface area (Å²) in [7, 11) is 6.25. The number of nitrogens with one attached hydrogen (secondary N) is 1. The molecule has 1 aliphatic rings. The summed E-state index contributed by atoms with van der Waals surface area (Å²) in [4.78, 5) is 22.0. The van der Waals surface area contributed by atoms with E-state index >= 15 is 0 Å². The van der Waals surface area contributed by atoms with Gasteiger partial charge in [-0.25, -0.2) is 4.98 Å². The van der Waals surface area contributed by atoms with Gasteiger partial charge in [0.15, 0.2) is 0 Å². The molecule has 1 saturated carbocycles. The van der Waals surface area contributed by atoms with Gasteiger partial charge in [-0.15, -0.1) is 0 Å². The fourth-order valence-corrected chi connectivity index (χ4v) is 4.74. The lowest BCUT2D eigenvalue weighted by atomic mass is 9.89. The third-order valence-electron chi connectivity index (χ3n) is 6.41. The molecule has 0 unspecified atom stereocenters. The fourth-order valence-electron chi connectivity index (χ4n) is 4.53. The number of amides is 1. The van der Waals surface area contributed by atoms with Gasteiger partial charge in [0.05, 0.1) is 6.54 Å². The molecular weight excluding hydrogens is 398 g/mol. The number of nitrogens with zero attached hydrogens (tertiary/aromatic N) is 4. The largest absolute Gasteiger partial charge is 0.369 e. The van der Waals surface area contributed by atoms with Gasteiger partial charge in [0.1, 0.15) is 5.82 Å². The van der Waals surface area contributed by atoms with Gasteiger partial charge < -0.3 is 19.7 Å². The summed E-state index contributed by atoms with van der Waals surface area (Å²) in [6, 6.07) is 4.92. The zero-order valence-electron chi connectivity index (χ0n) is 18.8. The molecule has 2 aromatic rings. The van der Waals surface area contributed by atoms with Crippen LogP contribution in [0.3, 0.4) is 0 Å². The lowest BCUT2D eigenvalue weighted by Gasteiger charge is -2.40. The van der Waals surface area contributed by atoms with E-state index in [9.17, 15) is 4.79 Å². The molecule has 0 atom stereocenters. The van der Waals surface area contributed by atoms with Crippen molar-refractivity contribution in [3.8, 4) is 0 Å². The third-order valence-corrected chi connectivity index (χ3v) is 6.62. The van der Waals surface area contributed by atoms with Crippen LogP contribution in [0.25, 0.3) is 0 Å². The van der Waals surface area contributed by atoms with Crippen molar-refractivity contribution in [3.05, 3.63) is 46.5 Å². The molecule has 7 heteroatoms. The molecule has 1 aliphatic carbocycles. The number of anilines is 1. The van der Waals surface area contributed by atoms with E-state index in [1.165, 1.54) is 12.8 Å². The fraction of sp³-hybridized carbons (Fsp3) is 0.565. The smallest absolute Gasteiger partial charge is 0.252 e. The van der Waals surface area contributed by atoms with Crippen molar-refractivity contribution < 1.29 is 4.79 Å². The van der Waals surface area contributed by atoms with Gasteiger partial charge in [-0.2, -0.15) is 0 Å². The standard InChI is InChI=1S/C23H34ClN5O/c1-6-29(19-9-7-18(8-10-19)27(3)4)21-14-17(24)13-20(16(21)2)23(30)26-15-22-25-11-12-28(22)5/h11-14,18-19H,6-10,15H2,1-5H3,(H,26,30)/t18-,19-. The molecule has 6 nitrogen and oxygen atoms in total. The number of aromatic nitrogens is 2. The Morgan fingerprint density at radius 2 is 1.90 bits per heavy atom. The van der Waals surface area contributed by atoms with Gasteiger partial charge in [-0.1, -0.05) is 11.6 Å². The van der Waals surface area contributed by atoms with E-state index in [1.807, 2.05) is 30.8 Å². The molecular formula is C23H34ClN5O. The van der Waals surface area contributed by atoms with E-state index in [-0.39, 0.29) is 5.91 Å². The van der Waals surface area contributed by atoms with Gasteiger partial charge in [0, 0.05) is 54.3 Å². The number of benzene rings is 1. The summed E-state index contributed by atoms with van der Waals surface area (Å²) in [6.45, 7) is 5.48. The van der Waals surface area contributed by atoms with Crippen molar-refractivity contribution in [3.63, 3.8) is 0 Å². The van der Waals surface area contributed by atoms with Crippen molar-refractivity contribution in [1.29, 1.82) is 0 Å². The first-order chi connectivity index (χ1) is 14.3. The lowest BCUT2D eigenvalue weighted by molar-refractivity contribution is 0.0949. The van der Waals surface area contributed by atoms with Crippen molar-refractivity contribution in [2.45, 2.75) is 58.2 Å². The highest BCUT2D eigenvalue weighted by molar-refractivity contribution is 6.31. The molecule has 3 rings (SSSR count). The van der Waals surface area contributed by atoms with Crippen molar-refractivity contribution in [2.75, 3.05) is 25.5 Å². The number of aryl methyl sites for hydroxylation is 1. The number of hydrogen-bond donors (Lipinski definition) is 1. The predicted molar refractivity (Wildman–Crippen MR) is 123 cm³/mol. The Labute approximate surface area is 185 Å². The quantitative estimate of drug-likeness (QED) is 0.719. The molecule has 1 fully saturated rings. The van der Waals surface area contributed by atoms with Crippen LogP contribution in [-0.4, -0.2) is 53.1 Å². The van der Waals surface area contributed by atoms with E-state index in [2.05, 4.69) is 41.1 Å². The number of imidazole rings is 1. The highest BCUT2D eigenvalue weighted by Crippen LogP contribution is 2.34. The zero-order chi connectivity index (χ0) is 21.8. The maximum Gasteiger partial charge on any atom is 0.252 e. The van der Waals surface area contributed by atoms with E-state index < -0.39 is 0 Å². The zero-order valence-corrected chi connectivity index (χ0v) is 19.5. The second-order valence-corrected chi connectivity index (χ2v) is 8.88. The van der Waals surface area contributed by atoms with Crippen molar-refractivity contribution in [1.82, 2.24) is 19.8 Å². The Hall–Kier alpha value is -2.05. The van der Waals surface area contributed by atoms with Crippen LogP contribution in [0.4, 0.5) is 5.69 Å². The summed E-state index contributed by atoms with van der Waals surface area (Å²) in [6.07, 6.45) is 8.31. The summed E-state index contributed by atoms with van der Waals surface area (Å²) in [5.74, 6) is 0.697.